The Morgan fingerprint density at radius 3 is 2.63 bits per heavy atom. The van der Waals surface area contributed by atoms with E-state index in [1.165, 1.54) is 16.1 Å². The minimum Gasteiger partial charge on any atom is -0.381 e. The predicted octanol–water partition coefficient (Wildman–Crippen LogP) is 3.86. The molecule has 1 aliphatic rings. The van der Waals surface area contributed by atoms with Gasteiger partial charge < -0.3 is 4.74 Å². The zero-order valence-corrected chi connectivity index (χ0v) is 12.3. The van der Waals surface area contributed by atoms with Crippen molar-refractivity contribution in [2.24, 2.45) is 0 Å². The van der Waals surface area contributed by atoms with E-state index in [0.717, 1.165) is 31.7 Å². The Balaban J connectivity index is 2.11. The number of benzene rings is 1. The minimum absolute atomic E-state index is 0.0587. The summed E-state index contributed by atoms with van der Waals surface area (Å²) in [4.78, 5) is 4.78. The van der Waals surface area contributed by atoms with Gasteiger partial charge in [-0.05, 0) is 32.3 Å². The molecule has 1 aromatic heterocycles. The second-order valence-corrected chi connectivity index (χ2v) is 6.22. The minimum atomic E-state index is 0.0587. The largest absolute Gasteiger partial charge is 0.381 e. The summed E-state index contributed by atoms with van der Waals surface area (Å²) in [7, 11) is 0. The quantitative estimate of drug-likeness (QED) is 0.829. The number of nitrogens with zero attached hydrogens (tertiary/aromatic N) is 1. The summed E-state index contributed by atoms with van der Waals surface area (Å²) in [6, 6.07) is 8.86. The SMILES string of the molecule is Cc1cccc(C2(c3nc(C)cs3)CCOCC2)c1. The van der Waals surface area contributed by atoms with E-state index in [2.05, 4.69) is 43.5 Å². The zero-order valence-electron chi connectivity index (χ0n) is 11.5. The Kier molecular flexibility index (Phi) is 3.42. The van der Waals surface area contributed by atoms with Crippen molar-refractivity contribution < 1.29 is 4.74 Å². The molecule has 1 aliphatic heterocycles. The van der Waals surface area contributed by atoms with Gasteiger partial charge in [-0.1, -0.05) is 29.8 Å². The smallest absolute Gasteiger partial charge is 0.104 e. The molecule has 0 unspecified atom stereocenters. The highest BCUT2D eigenvalue weighted by Crippen LogP contribution is 2.42. The molecule has 0 radical (unpaired) electrons. The maximum Gasteiger partial charge on any atom is 0.104 e. The molecule has 0 spiro atoms. The molecule has 0 bridgehead atoms. The average molecular weight is 273 g/mol. The van der Waals surface area contributed by atoms with Gasteiger partial charge in [0.05, 0.1) is 5.41 Å². The fourth-order valence-corrected chi connectivity index (χ4v) is 3.94. The van der Waals surface area contributed by atoms with Crippen molar-refractivity contribution >= 4 is 11.3 Å². The molecule has 2 aromatic rings. The Bertz CT molecular complexity index is 570. The molecule has 1 aromatic carbocycles. The van der Waals surface area contributed by atoms with Gasteiger partial charge in [-0.3, -0.25) is 0 Å². The fraction of sp³-hybridized carbons (Fsp3) is 0.438. The molecular weight excluding hydrogens is 254 g/mol. The van der Waals surface area contributed by atoms with Gasteiger partial charge in [0.2, 0.25) is 0 Å². The first kappa shape index (κ1) is 12.8. The summed E-state index contributed by atoms with van der Waals surface area (Å²) in [6.45, 7) is 5.88. The van der Waals surface area contributed by atoms with E-state index in [0.29, 0.717) is 0 Å². The second kappa shape index (κ2) is 5.06. The van der Waals surface area contributed by atoms with Gasteiger partial charge in [-0.25, -0.2) is 4.98 Å². The number of thiazole rings is 1. The topological polar surface area (TPSA) is 22.1 Å². The Labute approximate surface area is 118 Å². The highest BCUT2D eigenvalue weighted by atomic mass is 32.1. The summed E-state index contributed by atoms with van der Waals surface area (Å²) >= 11 is 1.79. The van der Waals surface area contributed by atoms with Crippen LogP contribution in [0.5, 0.6) is 0 Å². The lowest BCUT2D eigenvalue weighted by Crippen LogP contribution is -2.35. The van der Waals surface area contributed by atoms with E-state index in [1.54, 1.807) is 11.3 Å². The predicted molar refractivity (Wildman–Crippen MR) is 78.9 cm³/mol. The third-order valence-corrected chi connectivity index (χ3v) is 5.11. The first-order valence-electron chi connectivity index (χ1n) is 6.78. The van der Waals surface area contributed by atoms with Crippen LogP contribution in [0.2, 0.25) is 0 Å². The Morgan fingerprint density at radius 2 is 2.00 bits per heavy atom. The molecule has 0 aliphatic carbocycles. The Morgan fingerprint density at radius 1 is 1.21 bits per heavy atom. The molecule has 1 fully saturated rings. The summed E-state index contributed by atoms with van der Waals surface area (Å²) < 4.78 is 5.58. The Hall–Kier alpha value is -1.19. The maximum atomic E-state index is 5.58. The molecule has 3 rings (SSSR count). The van der Waals surface area contributed by atoms with Crippen molar-refractivity contribution in [2.45, 2.75) is 32.1 Å². The lowest BCUT2D eigenvalue weighted by molar-refractivity contribution is 0.0630. The zero-order chi connectivity index (χ0) is 13.3. The molecule has 0 atom stereocenters. The van der Waals surface area contributed by atoms with E-state index in [4.69, 9.17) is 9.72 Å². The first-order valence-corrected chi connectivity index (χ1v) is 7.66. The van der Waals surface area contributed by atoms with E-state index in [-0.39, 0.29) is 5.41 Å². The van der Waals surface area contributed by atoms with Crippen molar-refractivity contribution in [1.29, 1.82) is 0 Å². The van der Waals surface area contributed by atoms with Crippen molar-refractivity contribution in [3.05, 3.63) is 51.5 Å². The van der Waals surface area contributed by atoms with Crippen molar-refractivity contribution in [3.63, 3.8) is 0 Å². The van der Waals surface area contributed by atoms with Crippen LogP contribution in [0.4, 0.5) is 0 Å². The molecule has 1 saturated heterocycles. The lowest BCUT2D eigenvalue weighted by Gasteiger charge is -2.36. The molecule has 2 heterocycles. The van der Waals surface area contributed by atoms with Crippen LogP contribution in [0.1, 0.15) is 34.7 Å². The number of aromatic nitrogens is 1. The molecular formula is C16H19NOS. The third kappa shape index (κ3) is 2.33. The van der Waals surface area contributed by atoms with Crippen LogP contribution in [0.3, 0.4) is 0 Å². The van der Waals surface area contributed by atoms with Gasteiger partial charge in [0.25, 0.3) is 0 Å². The molecule has 19 heavy (non-hydrogen) atoms. The van der Waals surface area contributed by atoms with Crippen LogP contribution >= 0.6 is 11.3 Å². The molecule has 0 N–H and O–H groups in total. The molecule has 0 saturated carbocycles. The van der Waals surface area contributed by atoms with Crippen molar-refractivity contribution in [1.82, 2.24) is 4.98 Å². The summed E-state index contributed by atoms with van der Waals surface area (Å²) in [6.07, 6.45) is 2.06. The van der Waals surface area contributed by atoms with Crippen LogP contribution in [0.25, 0.3) is 0 Å². The molecule has 2 nitrogen and oxygen atoms in total. The van der Waals surface area contributed by atoms with E-state index in [1.807, 2.05) is 0 Å². The van der Waals surface area contributed by atoms with Gasteiger partial charge in [-0.15, -0.1) is 11.3 Å². The van der Waals surface area contributed by atoms with Crippen LogP contribution in [-0.2, 0) is 10.2 Å². The standard InChI is InChI=1S/C16H19NOS/c1-12-4-3-5-14(10-12)16(6-8-18-9-7-16)15-17-13(2)11-19-15/h3-5,10-11H,6-9H2,1-2H3. The number of rotatable bonds is 2. The molecule has 3 heteroatoms. The second-order valence-electron chi connectivity index (χ2n) is 5.36. The normalized spacial score (nSPS) is 18.4. The number of hydrogen-bond acceptors (Lipinski definition) is 3. The van der Waals surface area contributed by atoms with Crippen molar-refractivity contribution in [2.75, 3.05) is 13.2 Å². The molecule has 0 amide bonds. The summed E-state index contributed by atoms with van der Waals surface area (Å²) in [5.74, 6) is 0. The maximum absolute atomic E-state index is 5.58. The van der Waals surface area contributed by atoms with Gasteiger partial charge in [0.15, 0.2) is 0 Å². The average Bonchev–Trinajstić information content (AvgIpc) is 2.87. The molecule has 100 valence electrons. The lowest BCUT2D eigenvalue weighted by atomic mass is 9.74. The van der Waals surface area contributed by atoms with Crippen LogP contribution in [0, 0.1) is 13.8 Å². The highest BCUT2D eigenvalue weighted by molar-refractivity contribution is 7.09. The van der Waals surface area contributed by atoms with E-state index < -0.39 is 0 Å². The highest BCUT2D eigenvalue weighted by Gasteiger charge is 2.38. The number of ether oxygens (including phenoxy) is 1. The van der Waals surface area contributed by atoms with E-state index >= 15 is 0 Å². The first-order chi connectivity index (χ1) is 9.21. The number of aryl methyl sites for hydroxylation is 2. The number of hydrogen-bond donors (Lipinski definition) is 0. The van der Waals surface area contributed by atoms with Gasteiger partial charge in [-0.2, -0.15) is 0 Å². The van der Waals surface area contributed by atoms with Crippen LogP contribution in [0.15, 0.2) is 29.6 Å². The monoisotopic (exact) mass is 273 g/mol. The third-order valence-electron chi connectivity index (χ3n) is 3.95. The summed E-state index contributed by atoms with van der Waals surface area (Å²) in [5, 5.41) is 3.40. The van der Waals surface area contributed by atoms with Crippen molar-refractivity contribution in [3.8, 4) is 0 Å². The van der Waals surface area contributed by atoms with Crippen LogP contribution < -0.4 is 0 Å². The van der Waals surface area contributed by atoms with Gasteiger partial charge in [0.1, 0.15) is 5.01 Å². The fourth-order valence-electron chi connectivity index (χ4n) is 2.86. The van der Waals surface area contributed by atoms with Crippen LogP contribution in [-0.4, -0.2) is 18.2 Å². The van der Waals surface area contributed by atoms with Gasteiger partial charge in [0, 0.05) is 24.3 Å². The summed E-state index contributed by atoms with van der Waals surface area (Å²) in [5.41, 5.74) is 3.89. The van der Waals surface area contributed by atoms with Gasteiger partial charge >= 0.3 is 0 Å². The van der Waals surface area contributed by atoms with E-state index in [9.17, 15) is 0 Å².